The summed E-state index contributed by atoms with van der Waals surface area (Å²) in [4.78, 5) is 22.6. The summed E-state index contributed by atoms with van der Waals surface area (Å²) in [5.41, 5.74) is 4.02. The number of aromatic nitrogens is 2. The van der Waals surface area contributed by atoms with Crippen LogP contribution < -0.4 is 0 Å². The Hall–Kier alpha value is -2.36. The SMILES string of the molecule is C=C(CC)C(=O)N1CCCCC1c1ncc(-c2ccc(C)cc2)[nH]1. The quantitative estimate of drug-likeness (QED) is 0.848. The van der Waals surface area contributed by atoms with Gasteiger partial charge in [-0.3, -0.25) is 4.79 Å². The molecule has 2 aromatic rings. The van der Waals surface area contributed by atoms with Gasteiger partial charge in [-0.2, -0.15) is 0 Å². The number of nitrogens with zero attached hydrogens (tertiary/aromatic N) is 2. The van der Waals surface area contributed by atoms with Gasteiger partial charge in [-0.05, 0) is 38.2 Å². The van der Waals surface area contributed by atoms with E-state index in [4.69, 9.17) is 0 Å². The Labute approximate surface area is 143 Å². The molecular weight excluding hydrogens is 298 g/mol. The number of piperidine rings is 1. The molecule has 1 aliphatic heterocycles. The third kappa shape index (κ3) is 3.28. The first-order chi connectivity index (χ1) is 11.6. The monoisotopic (exact) mass is 323 g/mol. The van der Waals surface area contributed by atoms with Gasteiger partial charge in [0, 0.05) is 12.1 Å². The standard InChI is InChI=1S/C20H25N3O/c1-4-15(3)20(24)23-12-6-5-7-18(23)19-21-13-17(22-19)16-10-8-14(2)9-11-16/h8-11,13,18H,3-7,12H2,1-2H3,(H,21,22). The van der Waals surface area contributed by atoms with Gasteiger partial charge in [0.25, 0.3) is 0 Å². The number of rotatable bonds is 4. The number of aryl methyl sites for hydroxylation is 1. The average Bonchev–Trinajstić information content (AvgIpc) is 3.11. The Bertz CT molecular complexity index is 730. The molecule has 1 amide bonds. The van der Waals surface area contributed by atoms with Crippen LogP contribution in [0.15, 0.2) is 42.6 Å². The van der Waals surface area contributed by atoms with Crippen LogP contribution in [-0.4, -0.2) is 27.3 Å². The van der Waals surface area contributed by atoms with Gasteiger partial charge in [0.05, 0.1) is 17.9 Å². The maximum absolute atomic E-state index is 12.6. The zero-order valence-electron chi connectivity index (χ0n) is 14.5. The molecule has 24 heavy (non-hydrogen) atoms. The molecule has 0 spiro atoms. The first-order valence-corrected chi connectivity index (χ1v) is 8.71. The summed E-state index contributed by atoms with van der Waals surface area (Å²) in [6.07, 6.45) is 5.67. The summed E-state index contributed by atoms with van der Waals surface area (Å²) in [7, 11) is 0. The van der Waals surface area contributed by atoms with Crippen LogP contribution in [0.1, 0.15) is 50.0 Å². The number of hydrogen-bond acceptors (Lipinski definition) is 2. The van der Waals surface area contributed by atoms with Crippen molar-refractivity contribution in [1.29, 1.82) is 0 Å². The third-order valence-electron chi connectivity index (χ3n) is 4.77. The highest BCUT2D eigenvalue weighted by atomic mass is 16.2. The van der Waals surface area contributed by atoms with E-state index >= 15 is 0 Å². The number of nitrogens with one attached hydrogen (secondary N) is 1. The van der Waals surface area contributed by atoms with Crippen LogP contribution in [0, 0.1) is 6.92 Å². The van der Waals surface area contributed by atoms with Crippen molar-refractivity contribution >= 4 is 5.91 Å². The summed E-state index contributed by atoms with van der Waals surface area (Å²) in [6, 6.07) is 8.40. The zero-order valence-corrected chi connectivity index (χ0v) is 14.5. The Morgan fingerprint density at radius 3 is 2.79 bits per heavy atom. The lowest BCUT2D eigenvalue weighted by Crippen LogP contribution is -2.39. The van der Waals surface area contributed by atoms with Gasteiger partial charge >= 0.3 is 0 Å². The number of hydrogen-bond donors (Lipinski definition) is 1. The molecule has 1 atom stereocenters. The van der Waals surface area contributed by atoms with Crippen LogP contribution in [0.3, 0.4) is 0 Å². The van der Waals surface area contributed by atoms with Gasteiger partial charge in [-0.15, -0.1) is 0 Å². The van der Waals surface area contributed by atoms with E-state index in [9.17, 15) is 4.79 Å². The summed E-state index contributed by atoms with van der Waals surface area (Å²) < 4.78 is 0. The fourth-order valence-corrected chi connectivity index (χ4v) is 3.20. The fraction of sp³-hybridized carbons (Fsp3) is 0.400. The predicted molar refractivity (Wildman–Crippen MR) is 96.5 cm³/mol. The number of H-pyrrole nitrogens is 1. The fourth-order valence-electron chi connectivity index (χ4n) is 3.20. The second kappa shape index (κ2) is 7.04. The van der Waals surface area contributed by atoms with Gasteiger partial charge in [-0.25, -0.2) is 4.98 Å². The van der Waals surface area contributed by atoms with Crippen molar-refractivity contribution < 1.29 is 4.79 Å². The Kier molecular flexibility index (Phi) is 4.84. The maximum atomic E-state index is 12.6. The highest BCUT2D eigenvalue weighted by molar-refractivity contribution is 5.93. The van der Waals surface area contributed by atoms with E-state index in [2.05, 4.69) is 47.7 Å². The van der Waals surface area contributed by atoms with E-state index in [0.717, 1.165) is 42.9 Å². The van der Waals surface area contributed by atoms with Crippen molar-refractivity contribution in [2.45, 2.75) is 45.6 Å². The molecular formula is C20H25N3O. The second-order valence-corrected chi connectivity index (χ2v) is 6.52. The van der Waals surface area contributed by atoms with Gasteiger partial charge in [0.1, 0.15) is 5.82 Å². The molecule has 0 radical (unpaired) electrons. The first-order valence-electron chi connectivity index (χ1n) is 8.71. The van der Waals surface area contributed by atoms with E-state index in [1.807, 2.05) is 18.0 Å². The van der Waals surface area contributed by atoms with E-state index < -0.39 is 0 Å². The van der Waals surface area contributed by atoms with Gasteiger partial charge < -0.3 is 9.88 Å². The molecule has 1 aliphatic rings. The number of imidazole rings is 1. The molecule has 1 fully saturated rings. The highest BCUT2D eigenvalue weighted by Crippen LogP contribution is 2.31. The first kappa shape index (κ1) is 16.5. The molecule has 4 heteroatoms. The van der Waals surface area contributed by atoms with Crippen molar-refractivity contribution in [3.05, 3.63) is 54.0 Å². The van der Waals surface area contributed by atoms with E-state index in [1.165, 1.54) is 5.56 Å². The minimum absolute atomic E-state index is 0.0220. The van der Waals surface area contributed by atoms with E-state index in [1.54, 1.807) is 0 Å². The lowest BCUT2D eigenvalue weighted by Gasteiger charge is -2.35. The van der Waals surface area contributed by atoms with Crippen LogP contribution in [0.2, 0.25) is 0 Å². The number of amides is 1. The Balaban J connectivity index is 1.85. The maximum Gasteiger partial charge on any atom is 0.249 e. The van der Waals surface area contributed by atoms with Crippen molar-refractivity contribution in [2.24, 2.45) is 0 Å². The molecule has 0 saturated carbocycles. The van der Waals surface area contributed by atoms with Crippen LogP contribution in [-0.2, 0) is 4.79 Å². The topological polar surface area (TPSA) is 49.0 Å². The lowest BCUT2D eigenvalue weighted by molar-refractivity contribution is -0.131. The van der Waals surface area contributed by atoms with Crippen LogP contribution in [0.4, 0.5) is 0 Å². The molecule has 1 aromatic carbocycles. The molecule has 1 aromatic heterocycles. The van der Waals surface area contributed by atoms with Crippen LogP contribution >= 0.6 is 0 Å². The van der Waals surface area contributed by atoms with Crippen LogP contribution in [0.5, 0.6) is 0 Å². The number of likely N-dealkylation sites (tertiary alicyclic amines) is 1. The van der Waals surface area contributed by atoms with Gasteiger partial charge in [0.15, 0.2) is 0 Å². The summed E-state index contributed by atoms with van der Waals surface area (Å²) in [5, 5.41) is 0. The minimum atomic E-state index is 0.0220. The molecule has 0 aliphatic carbocycles. The minimum Gasteiger partial charge on any atom is -0.340 e. The number of carbonyl (C=O) groups is 1. The van der Waals surface area contributed by atoms with E-state index in [-0.39, 0.29) is 11.9 Å². The molecule has 1 unspecified atom stereocenters. The van der Waals surface area contributed by atoms with E-state index in [0.29, 0.717) is 12.0 Å². The van der Waals surface area contributed by atoms with Crippen LogP contribution in [0.25, 0.3) is 11.3 Å². The summed E-state index contributed by atoms with van der Waals surface area (Å²) in [5.74, 6) is 0.943. The van der Waals surface area contributed by atoms with Crippen molar-refractivity contribution in [3.63, 3.8) is 0 Å². The zero-order chi connectivity index (χ0) is 17.1. The Morgan fingerprint density at radius 2 is 2.08 bits per heavy atom. The molecule has 3 rings (SSSR count). The van der Waals surface area contributed by atoms with Gasteiger partial charge in [-0.1, -0.05) is 43.3 Å². The van der Waals surface area contributed by atoms with Gasteiger partial charge in [0.2, 0.25) is 5.91 Å². The average molecular weight is 323 g/mol. The van der Waals surface area contributed by atoms with Crippen molar-refractivity contribution in [2.75, 3.05) is 6.54 Å². The highest BCUT2D eigenvalue weighted by Gasteiger charge is 2.30. The second-order valence-electron chi connectivity index (χ2n) is 6.52. The Morgan fingerprint density at radius 1 is 1.33 bits per heavy atom. The largest absolute Gasteiger partial charge is 0.340 e. The smallest absolute Gasteiger partial charge is 0.249 e. The molecule has 1 saturated heterocycles. The molecule has 4 nitrogen and oxygen atoms in total. The molecule has 126 valence electrons. The number of benzene rings is 1. The summed E-state index contributed by atoms with van der Waals surface area (Å²) in [6.45, 7) is 8.75. The lowest BCUT2D eigenvalue weighted by atomic mass is 10.00. The van der Waals surface area contributed by atoms with Crippen molar-refractivity contribution in [3.8, 4) is 11.3 Å². The summed E-state index contributed by atoms with van der Waals surface area (Å²) >= 11 is 0. The van der Waals surface area contributed by atoms with Crippen molar-refractivity contribution in [1.82, 2.24) is 14.9 Å². The third-order valence-corrected chi connectivity index (χ3v) is 4.77. The molecule has 2 heterocycles. The normalized spacial score (nSPS) is 17.8. The molecule has 0 bridgehead atoms. The number of aromatic amines is 1. The predicted octanol–water partition coefficient (Wildman–Crippen LogP) is 4.40. The number of carbonyl (C=O) groups excluding carboxylic acids is 1. The molecule has 1 N–H and O–H groups in total.